The molecule has 3 aromatic carbocycles. The molecule has 0 aliphatic heterocycles. The number of fused-ring (bicyclic) bond motifs is 1. The number of methoxy groups -OCH3 is 1. The lowest BCUT2D eigenvalue weighted by atomic mass is 10.1. The molecule has 0 atom stereocenters. The Morgan fingerprint density at radius 2 is 1.81 bits per heavy atom. The van der Waals surface area contributed by atoms with Gasteiger partial charge >= 0.3 is 5.97 Å². The number of halogens is 1. The molecule has 0 aliphatic rings. The first-order valence-electron chi connectivity index (χ1n) is 7.87. The van der Waals surface area contributed by atoms with Gasteiger partial charge < -0.3 is 14.8 Å². The number of ether oxygens (including phenoxy) is 2. The zero-order valence-electron chi connectivity index (χ0n) is 14.0. The molecular weight excluding hydrogens is 354 g/mol. The molecule has 0 bridgehead atoms. The lowest BCUT2D eigenvalue weighted by Gasteiger charge is -2.09. The van der Waals surface area contributed by atoms with E-state index in [2.05, 4.69) is 5.32 Å². The van der Waals surface area contributed by atoms with Crippen molar-refractivity contribution in [3.63, 3.8) is 0 Å². The molecule has 0 heterocycles. The number of rotatable bonds is 5. The quantitative estimate of drug-likeness (QED) is 0.681. The fourth-order valence-electron chi connectivity index (χ4n) is 2.55. The second kappa shape index (κ2) is 7.89. The summed E-state index contributed by atoms with van der Waals surface area (Å²) in [4.78, 5) is 24.3. The van der Waals surface area contributed by atoms with E-state index in [1.165, 1.54) is 7.11 Å². The van der Waals surface area contributed by atoms with Gasteiger partial charge in [-0.3, -0.25) is 4.79 Å². The molecule has 0 radical (unpaired) electrons. The van der Waals surface area contributed by atoms with E-state index in [0.29, 0.717) is 22.0 Å². The minimum atomic E-state index is -0.551. The van der Waals surface area contributed by atoms with E-state index in [0.717, 1.165) is 10.8 Å². The Hall–Kier alpha value is -3.05. The van der Waals surface area contributed by atoms with Crippen molar-refractivity contribution in [2.45, 2.75) is 0 Å². The number of hydrogen-bond donors (Lipinski definition) is 1. The van der Waals surface area contributed by atoms with Crippen LogP contribution >= 0.6 is 11.6 Å². The van der Waals surface area contributed by atoms with Crippen LogP contribution in [-0.4, -0.2) is 25.6 Å². The van der Waals surface area contributed by atoms with E-state index in [1.807, 2.05) is 30.3 Å². The van der Waals surface area contributed by atoms with Crippen molar-refractivity contribution in [2.24, 2.45) is 0 Å². The Bertz CT molecular complexity index is 966. The molecule has 5 nitrogen and oxygen atoms in total. The topological polar surface area (TPSA) is 64.6 Å². The van der Waals surface area contributed by atoms with Crippen LogP contribution in [0.1, 0.15) is 10.4 Å². The molecule has 0 fully saturated rings. The lowest BCUT2D eigenvalue weighted by molar-refractivity contribution is -0.119. The monoisotopic (exact) mass is 369 g/mol. The minimum Gasteiger partial charge on any atom is -0.495 e. The average Bonchev–Trinajstić information content (AvgIpc) is 2.66. The van der Waals surface area contributed by atoms with Gasteiger partial charge in [0.1, 0.15) is 5.75 Å². The molecule has 1 amide bonds. The first kappa shape index (κ1) is 17.8. The second-order valence-electron chi connectivity index (χ2n) is 5.50. The fourth-order valence-corrected chi connectivity index (χ4v) is 2.81. The summed E-state index contributed by atoms with van der Waals surface area (Å²) in [6.07, 6.45) is 0. The Balaban J connectivity index is 1.64. The van der Waals surface area contributed by atoms with Crippen LogP contribution in [0.15, 0.2) is 60.7 Å². The summed E-state index contributed by atoms with van der Waals surface area (Å²) in [5.41, 5.74) is 0.908. The molecule has 26 heavy (non-hydrogen) atoms. The molecule has 0 aliphatic carbocycles. The van der Waals surface area contributed by atoms with Gasteiger partial charge in [0.2, 0.25) is 0 Å². The van der Waals surface area contributed by atoms with Gasteiger partial charge in [0.15, 0.2) is 6.61 Å². The van der Waals surface area contributed by atoms with Gasteiger partial charge in [-0.25, -0.2) is 4.79 Å². The molecule has 0 spiro atoms. The average molecular weight is 370 g/mol. The smallest absolute Gasteiger partial charge is 0.339 e. The summed E-state index contributed by atoms with van der Waals surface area (Å²) in [6, 6.07) is 17.7. The van der Waals surface area contributed by atoms with Crippen LogP contribution in [0.25, 0.3) is 10.8 Å². The van der Waals surface area contributed by atoms with E-state index < -0.39 is 18.5 Å². The van der Waals surface area contributed by atoms with Crippen LogP contribution in [0.4, 0.5) is 5.69 Å². The molecule has 132 valence electrons. The molecule has 0 saturated carbocycles. The Morgan fingerprint density at radius 3 is 2.58 bits per heavy atom. The third-order valence-electron chi connectivity index (χ3n) is 3.78. The highest BCUT2D eigenvalue weighted by Gasteiger charge is 2.13. The number of anilines is 1. The number of amides is 1. The van der Waals surface area contributed by atoms with Crippen molar-refractivity contribution < 1.29 is 19.1 Å². The van der Waals surface area contributed by atoms with Crippen molar-refractivity contribution >= 4 is 39.9 Å². The van der Waals surface area contributed by atoms with E-state index >= 15 is 0 Å². The van der Waals surface area contributed by atoms with Gasteiger partial charge in [-0.05, 0) is 35.0 Å². The second-order valence-corrected chi connectivity index (χ2v) is 5.91. The number of carbonyl (C=O) groups excluding carboxylic acids is 2. The highest BCUT2D eigenvalue weighted by molar-refractivity contribution is 6.32. The Morgan fingerprint density at radius 1 is 1.04 bits per heavy atom. The highest BCUT2D eigenvalue weighted by Crippen LogP contribution is 2.27. The van der Waals surface area contributed by atoms with Gasteiger partial charge in [0.05, 0.1) is 17.7 Å². The number of benzene rings is 3. The van der Waals surface area contributed by atoms with Crippen molar-refractivity contribution in [1.29, 1.82) is 0 Å². The largest absolute Gasteiger partial charge is 0.495 e. The SMILES string of the molecule is COc1ccc(NC(=O)COC(=O)c2cccc3ccccc23)cc1Cl. The predicted octanol–water partition coefficient (Wildman–Crippen LogP) is 4.30. The van der Waals surface area contributed by atoms with E-state index in [4.69, 9.17) is 21.1 Å². The third kappa shape index (κ3) is 3.95. The third-order valence-corrected chi connectivity index (χ3v) is 4.07. The summed E-state index contributed by atoms with van der Waals surface area (Å²) < 4.78 is 10.2. The van der Waals surface area contributed by atoms with Crippen molar-refractivity contribution in [3.8, 4) is 5.75 Å². The first-order valence-corrected chi connectivity index (χ1v) is 8.24. The summed E-state index contributed by atoms with van der Waals surface area (Å²) in [6.45, 7) is -0.397. The lowest BCUT2D eigenvalue weighted by Crippen LogP contribution is -2.21. The molecule has 1 N–H and O–H groups in total. The van der Waals surface area contributed by atoms with E-state index in [1.54, 1.807) is 30.3 Å². The maximum Gasteiger partial charge on any atom is 0.339 e. The van der Waals surface area contributed by atoms with Crippen LogP contribution in [0.3, 0.4) is 0 Å². The maximum atomic E-state index is 12.3. The molecule has 0 saturated heterocycles. The summed E-state index contributed by atoms with van der Waals surface area (Å²) in [5.74, 6) is -0.503. The zero-order chi connectivity index (χ0) is 18.5. The number of esters is 1. The van der Waals surface area contributed by atoms with Crippen molar-refractivity contribution in [2.75, 3.05) is 19.0 Å². The zero-order valence-corrected chi connectivity index (χ0v) is 14.7. The van der Waals surface area contributed by atoms with Crippen LogP contribution in [0.5, 0.6) is 5.75 Å². The summed E-state index contributed by atoms with van der Waals surface area (Å²) >= 11 is 6.01. The Kier molecular flexibility index (Phi) is 5.39. The molecule has 6 heteroatoms. The number of nitrogens with one attached hydrogen (secondary N) is 1. The number of carbonyl (C=O) groups is 2. The van der Waals surface area contributed by atoms with Gasteiger partial charge in [-0.1, -0.05) is 48.0 Å². The van der Waals surface area contributed by atoms with Crippen LogP contribution in [0, 0.1) is 0 Å². The van der Waals surface area contributed by atoms with Crippen molar-refractivity contribution in [1.82, 2.24) is 0 Å². The van der Waals surface area contributed by atoms with Crippen molar-refractivity contribution in [3.05, 3.63) is 71.2 Å². The Labute approximate surface area is 155 Å². The molecule has 0 aromatic heterocycles. The highest BCUT2D eigenvalue weighted by atomic mass is 35.5. The van der Waals surface area contributed by atoms with Crippen LogP contribution < -0.4 is 10.1 Å². The molecular formula is C20H16ClNO4. The van der Waals surface area contributed by atoms with Gasteiger partial charge in [-0.2, -0.15) is 0 Å². The molecule has 3 rings (SSSR count). The predicted molar refractivity (Wildman–Crippen MR) is 101 cm³/mol. The van der Waals surface area contributed by atoms with E-state index in [9.17, 15) is 9.59 Å². The first-order chi connectivity index (χ1) is 12.6. The van der Waals surface area contributed by atoms with Gasteiger partial charge in [0.25, 0.3) is 5.91 Å². The van der Waals surface area contributed by atoms with Crippen LogP contribution in [-0.2, 0) is 9.53 Å². The van der Waals surface area contributed by atoms with E-state index in [-0.39, 0.29) is 0 Å². The number of hydrogen-bond acceptors (Lipinski definition) is 4. The summed E-state index contributed by atoms with van der Waals surface area (Å²) in [7, 11) is 1.51. The maximum absolute atomic E-state index is 12.3. The normalized spacial score (nSPS) is 10.4. The van der Waals surface area contributed by atoms with Crippen LogP contribution in [0.2, 0.25) is 5.02 Å². The van der Waals surface area contributed by atoms with Gasteiger partial charge in [0, 0.05) is 5.69 Å². The molecule has 3 aromatic rings. The fraction of sp³-hybridized carbons (Fsp3) is 0.100. The standard InChI is InChI=1S/C20H16ClNO4/c1-25-18-10-9-14(11-17(18)21)22-19(23)12-26-20(24)16-8-4-6-13-5-2-3-7-15(13)16/h2-11H,12H2,1H3,(H,22,23). The molecule has 0 unspecified atom stereocenters. The van der Waals surface area contributed by atoms with Gasteiger partial charge in [-0.15, -0.1) is 0 Å². The minimum absolute atomic E-state index is 0.373. The summed E-state index contributed by atoms with van der Waals surface area (Å²) in [5, 5.41) is 4.70.